The Labute approximate surface area is 124 Å². The highest BCUT2D eigenvalue weighted by Crippen LogP contribution is 2.24. The molecule has 2 heterocycles. The topological polar surface area (TPSA) is 54.5 Å². The van der Waals surface area contributed by atoms with Gasteiger partial charge < -0.3 is 15.0 Å². The Morgan fingerprint density at radius 2 is 2.25 bits per heavy atom. The van der Waals surface area contributed by atoms with Gasteiger partial charge in [0.1, 0.15) is 5.82 Å². The molecule has 0 spiro atoms. The predicted octanol–water partition coefficient (Wildman–Crippen LogP) is 2.10. The number of hydrogen-bond donors (Lipinski definition) is 1. The van der Waals surface area contributed by atoms with Crippen molar-refractivity contribution in [3.05, 3.63) is 22.8 Å². The predicted molar refractivity (Wildman–Crippen MR) is 79.5 cm³/mol. The average Bonchev–Trinajstić information content (AvgIpc) is 2.48. The number of nitrogens with one attached hydrogen (secondary N) is 1. The Balaban J connectivity index is 2.03. The minimum Gasteiger partial charge on any atom is -0.462 e. The molecule has 2 rings (SSSR count). The minimum absolute atomic E-state index is 0.361. The fraction of sp³-hybridized carbons (Fsp3) is 0.571. The van der Waals surface area contributed by atoms with E-state index < -0.39 is 0 Å². The van der Waals surface area contributed by atoms with Crippen LogP contribution in [0.2, 0.25) is 5.02 Å². The van der Waals surface area contributed by atoms with Gasteiger partial charge in [-0.2, -0.15) is 0 Å². The van der Waals surface area contributed by atoms with Gasteiger partial charge in [-0.3, -0.25) is 0 Å². The van der Waals surface area contributed by atoms with Crippen LogP contribution in [0.3, 0.4) is 0 Å². The molecule has 0 amide bonds. The van der Waals surface area contributed by atoms with Gasteiger partial charge in [-0.1, -0.05) is 24.9 Å². The van der Waals surface area contributed by atoms with Crippen LogP contribution in [-0.2, 0) is 4.74 Å². The Bertz CT molecular complexity index is 462. The molecule has 0 bridgehead atoms. The standard InChI is InChI=1S/C14H20ClN3O2/c1-2-3-8-20-14(19)11-9-12(15)13(17-10-11)18-6-4-16-5-7-18/h9-10,16H,2-8H2,1H3. The summed E-state index contributed by atoms with van der Waals surface area (Å²) in [5.74, 6) is 0.373. The van der Waals surface area contributed by atoms with Crippen molar-refractivity contribution in [2.45, 2.75) is 19.8 Å². The van der Waals surface area contributed by atoms with Crippen LogP contribution in [0.5, 0.6) is 0 Å². The lowest BCUT2D eigenvalue weighted by molar-refractivity contribution is 0.0499. The smallest absolute Gasteiger partial charge is 0.339 e. The molecule has 1 aromatic heterocycles. The molecule has 1 N–H and O–H groups in total. The van der Waals surface area contributed by atoms with Crippen LogP contribution in [-0.4, -0.2) is 43.7 Å². The maximum Gasteiger partial charge on any atom is 0.339 e. The third-order valence-corrected chi connectivity index (χ3v) is 3.48. The van der Waals surface area contributed by atoms with E-state index in [2.05, 4.69) is 22.1 Å². The zero-order valence-electron chi connectivity index (χ0n) is 11.7. The molecule has 0 aromatic carbocycles. The van der Waals surface area contributed by atoms with Crippen molar-refractivity contribution in [1.29, 1.82) is 0 Å². The molecule has 110 valence electrons. The maximum atomic E-state index is 11.8. The van der Waals surface area contributed by atoms with E-state index in [0.717, 1.165) is 44.8 Å². The number of pyridine rings is 1. The highest BCUT2D eigenvalue weighted by molar-refractivity contribution is 6.33. The van der Waals surface area contributed by atoms with Crippen LogP contribution in [0, 0.1) is 0 Å². The average molecular weight is 298 g/mol. The van der Waals surface area contributed by atoms with Crippen LogP contribution < -0.4 is 10.2 Å². The largest absolute Gasteiger partial charge is 0.462 e. The number of rotatable bonds is 5. The SMILES string of the molecule is CCCCOC(=O)c1cnc(N2CCNCC2)c(Cl)c1. The summed E-state index contributed by atoms with van der Waals surface area (Å²) in [5.41, 5.74) is 0.407. The summed E-state index contributed by atoms with van der Waals surface area (Å²) in [4.78, 5) is 18.2. The van der Waals surface area contributed by atoms with Gasteiger partial charge in [-0.15, -0.1) is 0 Å². The lowest BCUT2D eigenvalue weighted by Gasteiger charge is -2.29. The monoisotopic (exact) mass is 297 g/mol. The van der Waals surface area contributed by atoms with Gasteiger partial charge in [0, 0.05) is 32.4 Å². The Morgan fingerprint density at radius 1 is 1.50 bits per heavy atom. The summed E-state index contributed by atoms with van der Waals surface area (Å²) in [6.45, 7) is 6.05. The molecular formula is C14H20ClN3O2. The van der Waals surface area contributed by atoms with Crippen LogP contribution in [0.15, 0.2) is 12.3 Å². The Morgan fingerprint density at radius 3 is 2.90 bits per heavy atom. The third-order valence-electron chi connectivity index (χ3n) is 3.21. The molecule has 5 nitrogen and oxygen atoms in total. The van der Waals surface area contributed by atoms with Crippen molar-refractivity contribution in [2.24, 2.45) is 0 Å². The Hall–Kier alpha value is -1.33. The van der Waals surface area contributed by atoms with Crippen molar-refractivity contribution in [3.63, 3.8) is 0 Å². The van der Waals surface area contributed by atoms with E-state index in [1.54, 1.807) is 6.07 Å². The first-order chi connectivity index (χ1) is 9.72. The van der Waals surface area contributed by atoms with E-state index >= 15 is 0 Å². The summed E-state index contributed by atoms with van der Waals surface area (Å²) in [6.07, 6.45) is 3.40. The fourth-order valence-electron chi connectivity index (χ4n) is 2.04. The van der Waals surface area contributed by atoms with Gasteiger partial charge in [0.2, 0.25) is 0 Å². The second-order valence-corrected chi connectivity index (χ2v) is 5.16. The molecule has 6 heteroatoms. The van der Waals surface area contributed by atoms with Gasteiger partial charge in [0.05, 0.1) is 17.2 Å². The van der Waals surface area contributed by atoms with Gasteiger partial charge in [0.15, 0.2) is 0 Å². The number of piperazine rings is 1. The van der Waals surface area contributed by atoms with Crippen molar-refractivity contribution in [3.8, 4) is 0 Å². The number of ether oxygens (including phenoxy) is 1. The highest BCUT2D eigenvalue weighted by Gasteiger charge is 2.17. The molecule has 0 saturated carbocycles. The summed E-state index contributed by atoms with van der Waals surface area (Å²) >= 11 is 6.24. The molecule has 1 aliphatic heterocycles. The molecule has 0 radical (unpaired) electrons. The molecule has 0 unspecified atom stereocenters. The van der Waals surface area contributed by atoms with Crippen LogP contribution in [0.4, 0.5) is 5.82 Å². The number of carbonyl (C=O) groups excluding carboxylic acids is 1. The van der Waals surface area contributed by atoms with Crippen LogP contribution >= 0.6 is 11.6 Å². The molecular weight excluding hydrogens is 278 g/mol. The second kappa shape index (κ2) is 7.45. The van der Waals surface area contributed by atoms with E-state index in [9.17, 15) is 4.79 Å². The summed E-state index contributed by atoms with van der Waals surface area (Å²) in [7, 11) is 0. The molecule has 0 atom stereocenters. The number of aromatic nitrogens is 1. The highest BCUT2D eigenvalue weighted by atomic mass is 35.5. The normalized spacial score (nSPS) is 15.2. The second-order valence-electron chi connectivity index (χ2n) is 4.76. The Kier molecular flexibility index (Phi) is 5.61. The first kappa shape index (κ1) is 15.1. The van der Waals surface area contributed by atoms with Gasteiger partial charge in [-0.05, 0) is 12.5 Å². The van der Waals surface area contributed by atoms with E-state index in [0.29, 0.717) is 17.2 Å². The number of halogens is 1. The summed E-state index contributed by atoms with van der Waals surface area (Å²) in [6, 6.07) is 1.64. The van der Waals surface area contributed by atoms with Crippen molar-refractivity contribution in [2.75, 3.05) is 37.7 Å². The molecule has 1 aliphatic rings. The van der Waals surface area contributed by atoms with E-state index in [-0.39, 0.29) is 5.97 Å². The zero-order chi connectivity index (χ0) is 14.4. The first-order valence-electron chi connectivity index (χ1n) is 7.00. The quantitative estimate of drug-likeness (QED) is 0.666. The lowest BCUT2D eigenvalue weighted by atomic mass is 10.2. The maximum absolute atomic E-state index is 11.8. The zero-order valence-corrected chi connectivity index (χ0v) is 12.4. The van der Waals surface area contributed by atoms with Gasteiger partial charge in [-0.25, -0.2) is 9.78 Å². The minimum atomic E-state index is -0.361. The summed E-state index contributed by atoms with van der Waals surface area (Å²) < 4.78 is 5.15. The van der Waals surface area contributed by atoms with Gasteiger partial charge >= 0.3 is 5.97 Å². The van der Waals surface area contributed by atoms with Crippen molar-refractivity contribution in [1.82, 2.24) is 10.3 Å². The molecule has 1 aromatic rings. The van der Waals surface area contributed by atoms with Crippen molar-refractivity contribution >= 4 is 23.4 Å². The fourth-order valence-corrected chi connectivity index (χ4v) is 2.33. The molecule has 0 aliphatic carbocycles. The number of nitrogens with zero attached hydrogens (tertiary/aromatic N) is 2. The van der Waals surface area contributed by atoms with E-state index in [1.807, 2.05) is 0 Å². The lowest BCUT2D eigenvalue weighted by Crippen LogP contribution is -2.44. The number of carbonyl (C=O) groups is 1. The van der Waals surface area contributed by atoms with Gasteiger partial charge in [0.25, 0.3) is 0 Å². The van der Waals surface area contributed by atoms with Crippen LogP contribution in [0.25, 0.3) is 0 Å². The first-order valence-corrected chi connectivity index (χ1v) is 7.38. The van der Waals surface area contributed by atoms with Crippen LogP contribution in [0.1, 0.15) is 30.1 Å². The third kappa shape index (κ3) is 3.84. The number of esters is 1. The summed E-state index contributed by atoms with van der Waals surface area (Å²) in [5, 5.41) is 3.77. The van der Waals surface area contributed by atoms with E-state index in [4.69, 9.17) is 16.3 Å². The number of anilines is 1. The number of unbranched alkanes of at least 4 members (excludes halogenated alkanes) is 1. The molecule has 1 saturated heterocycles. The molecule has 20 heavy (non-hydrogen) atoms. The van der Waals surface area contributed by atoms with Crippen molar-refractivity contribution < 1.29 is 9.53 Å². The number of hydrogen-bond acceptors (Lipinski definition) is 5. The van der Waals surface area contributed by atoms with E-state index in [1.165, 1.54) is 6.20 Å². The molecule has 1 fully saturated rings.